The van der Waals surface area contributed by atoms with E-state index in [1.54, 1.807) is 44.6 Å². The zero-order valence-electron chi connectivity index (χ0n) is 21.0. The summed E-state index contributed by atoms with van der Waals surface area (Å²) in [6.07, 6.45) is 2.53. The molecule has 0 fully saturated rings. The molecule has 1 atom stereocenters. The number of aromatic nitrogens is 1. The number of phenolic OH excluding ortho intramolecular Hbond substituents is 1. The van der Waals surface area contributed by atoms with Crippen LogP contribution in [0.25, 0.3) is 0 Å². The van der Waals surface area contributed by atoms with Gasteiger partial charge in [-0.3, -0.25) is 4.98 Å². The molecule has 0 aliphatic rings. The highest BCUT2D eigenvalue weighted by molar-refractivity contribution is 7.13. The van der Waals surface area contributed by atoms with E-state index in [9.17, 15) is 9.90 Å². The molecule has 0 saturated carbocycles. The van der Waals surface area contributed by atoms with E-state index in [1.807, 2.05) is 25.1 Å². The molecule has 0 bridgehead atoms. The van der Waals surface area contributed by atoms with Gasteiger partial charge in [-0.05, 0) is 54.4 Å². The third-order valence-electron chi connectivity index (χ3n) is 5.99. The van der Waals surface area contributed by atoms with E-state index in [1.165, 1.54) is 23.7 Å². The van der Waals surface area contributed by atoms with Crippen molar-refractivity contribution in [3.63, 3.8) is 0 Å². The number of benzene rings is 2. The Bertz CT molecular complexity index is 1420. The molecule has 0 amide bonds. The second kappa shape index (κ2) is 12.4. The lowest BCUT2D eigenvalue weighted by molar-refractivity contribution is 0.0303. The van der Waals surface area contributed by atoms with Gasteiger partial charge in [0.05, 0.1) is 24.3 Å². The minimum Gasteiger partial charge on any atom is -0.508 e. The molecule has 38 heavy (non-hydrogen) atoms. The number of methoxy groups -OCH3 is 2. The normalized spacial score (nSPS) is 11.6. The topological polar surface area (TPSA) is 89.9 Å². The number of thiophene rings is 1. The lowest BCUT2D eigenvalue weighted by Gasteiger charge is -2.20. The number of carbonyl (C=O) groups excluding carboxylic acids is 1. The van der Waals surface area contributed by atoms with Gasteiger partial charge in [0.2, 0.25) is 0 Å². The SMILES string of the molecule is COc1ccc([C@H](Cc2c(Cl)cncc2Cl)OC(=O)c2ccc(CNc3cccc(O)c3C)s2)cc1OC. The van der Waals surface area contributed by atoms with Crippen LogP contribution in [0.1, 0.15) is 37.3 Å². The van der Waals surface area contributed by atoms with Gasteiger partial charge in [0.25, 0.3) is 0 Å². The van der Waals surface area contributed by atoms with E-state index >= 15 is 0 Å². The van der Waals surface area contributed by atoms with Crippen LogP contribution in [-0.4, -0.2) is 30.3 Å². The van der Waals surface area contributed by atoms with Crippen LogP contribution in [0.15, 0.2) is 60.9 Å². The maximum atomic E-state index is 13.3. The van der Waals surface area contributed by atoms with Gasteiger partial charge in [-0.15, -0.1) is 11.3 Å². The van der Waals surface area contributed by atoms with Crippen LogP contribution in [0, 0.1) is 6.92 Å². The minimum absolute atomic E-state index is 0.223. The van der Waals surface area contributed by atoms with Gasteiger partial charge >= 0.3 is 5.97 Å². The Morgan fingerprint density at radius 1 is 1.05 bits per heavy atom. The summed E-state index contributed by atoms with van der Waals surface area (Å²) < 4.78 is 16.8. The standard InChI is InChI=1S/C28H26Cl2N2O5S/c1-16-22(5-4-6-23(16)33)32-13-18-8-10-27(38-18)28(34)37-25(12-19-20(29)14-31-15-21(19)30)17-7-9-24(35-2)26(11-17)36-3/h4-11,14-15,25,32-33H,12-13H2,1-3H3/t25-/m0/s1. The molecule has 0 aliphatic heterocycles. The van der Waals surface area contributed by atoms with Gasteiger partial charge in [0.15, 0.2) is 11.5 Å². The van der Waals surface area contributed by atoms with Crippen LogP contribution in [-0.2, 0) is 17.7 Å². The fraction of sp³-hybridized carbons (Fsp3) is 0.214. The van der Waals surface area contributed by atoms with Crippen molar-refractivity contribution in [3.05, 3.63) is 97.4 Å². The fourth-order valence-electron chi connectivity index (χ4n) is 3.87. The van der Waals surface area contributed by atoms with Crippen molar-refractivity contribution < 1.29 is 24.1 Å². The van der Waals surface area contributed by atoms with Crippen LogP contribution >= 0.6 is 34.5 Å². The summed E-state index contributed by atoms with van der Waals surface area (Å²) >= 11 is 14.1. The van der Waals surface area contributed by atoms with E-state index < -0.39 is 12.1 Å². The van der Waals surface area contributed by atoms with Gasteiger partial charge in [0.1, 0.15) is 16.7 Å². The predicted octanol–water partition coefficient (Wildman–Crippen LogP) is 7.23. The summed E-state index contributed by atoms with van der Waals surface area (Å²) in [6.45, 7) is 2.33. The van der Waals surface area contributed by atoms with Gasteiger partial charge in [-0.2, -0.15) is 0 Å². The van der Waals surface area contributed by atoms with Crippen LogP contribution in [0.3, 0.4) is 0 Å². The second-order valence-electron chi connectivity index (χ2n) is 8.36. The number of rotatable bonds is 10. The first-order valence-corrected chi connectivity index (χ1v) is 13.2. The van der Waals surface area contributed by atoms with E-state index in [0.29, 0.717) is 44.1 Å². The number of anilines is 1. The highest BCUT2D eigenvalue weighted by Crippen LogP contribution is 2.36. The number of carbonyl (C=O) groups is 1. The number of halogens is 2. The molecule has 0 saturated heterocycles. The smallest absolute Gasteiger partial charge is 0.348 e. The summed E-state index contributed by atoms with van der Waals surface area (Å²) in [4.78, 5) is 18.6. The maximum absolute atomic E-state index is 13.3. The monoisotopic (exact) mass is 572 g/mol. The Labute approximate surface area is 234 Å². The Hall–Kier alpha value is -3.46. The van der Waals surface area contributed by atoms with Crippen LogP contribution in [0.4, 0.5) is 5.69 Å². The number of nitrogens with one attached hydrogen (secondary N) is 1. The second-order valence-corrected chi connectivity index (χ2v) is 10.3. The van der Waals surface area contributed by atoms with Crippen molar-refractivity contribution in [2.75, 3.05) is 19.5 Å². The molecular formula is C28H26Cl2N2O5S. The zero-order valence-corrected chi connectivity index (χ0v) is 23.3. The van der Waals surface area contributed by atoms with Crippen molar-refractivity contribution >= 4 is 46.2 Å². The summed E-state index contributed by atoms with van der Waals surface area (Å²) in [7, 11) is 3.09. The number of ether oxygens (including phenoxy) is 3. The summed E-state index contributed by atoms with van der Waals surface area (Å²) in [5.74, 6) is 0.806. The van der Waals surface area contributed by atoms with Gasteiger partial charge in [0, 0.05) is 41.5 Å². The molecule has 0 radical (unpaired) electrons. The first kappa shape index (κ1) is 27.6. The predicted molar refractivity (Wildman–Crippen MR) is 150 cm³/mol. The van der Waals surface area contributed by atoms with E-state index in [-0.39, 0.29) is 12.2 Å². The largest absolute Gasteiger partial charge is 0.508 e. The number of phenols is 1. The first-order valence-electron chi connectivity index (χ1n) is 11.6. The molecule has 7 nitrogen and oxygen atoms in total. The van der Waals surface area contributed by atoms with Crippen molar-refractivity contribution in [3.8, 4) is 17.2 Å². The van der Waals surface area contributed by atoms with Crippen LogP contribution in [0.5, 0.6) is 17.2 Å². The Kier molecular flexibility index (Phi) is 8.99. The lowest BCUT2D eigenvalue weighted by Crippen LogP contribution is -2.14. The number of pyridine rings is 1. The average Bonchev–Trinajstić information content (AvgIpc) is 3.40. The molecule has 0 spiro atoms. The van der Waals surface area contributed by atoms with Crippen molar-refractivity contribution in [2.45, 2.75) is 26.0 Å². The summed E-state index contributed by atoms with van der Waals surface area (Å²) in [5, 5.41) is 14.0. The third-order valence-corrected chi connectivity index (χ3v) is 7.71. The van der Waals surface area contributed by atoms with Crippen LogP contribution in [0.2, 0.25) is 10.0 Å². The number of hydrogen-bond donors (Lipinski definition) is 2. The van der Waals surface area contributed by atoms with Crippen molar-refractivity contribution in [1.82, 2.24) is 4.98 Å². The highest BCUT2D eigenvalue weighted by Gasteiger charge is 2.24. The van der Waals surface area contributed by atoms with E-state index in [2.05, 4.69) is 10.3 Å². The molecule has 0 aliphatic carbocycles. The number of hydrogen-bond acceptors (Lipinski definition) is 8. The molecule has 2 N–H and O–H groups in total. The average molecular weight is 573 g/mol. The van der Waals surface area contributed by atoms with Gasteiger partial charge in [-0.25, -0.2) is 4.79 Å². The molecule has 4 rings (SSSR count). The van der Waals surface area contributed by atoms with Gasteiger partial charge < -0.3 is 24.6 Å². The highest BCUT2D eigenvalue weighted by atomic mass is 35.5. The molecule has 198 valence electrons. The molecule has 0 unspecified atom stereocenters. The van der Waals surface area contributed by atoms with Crippen molar-refractivity contribution in [2.24, 2.45) is 0 Å². The summed E-state index contributed by atoms with van der Waals surface area (Å²) in [6, 6.07) is 14.2. The fourth-order valence-corrected chi connectivity index (χ4v) is 5.22. The van der Waals surface area contributed by atoms with Crippen LogP contribution < -0.4 is 14.8 Å². The molecular weight excluding hydrogens is 547 g/mol. The van der Waals surface area contributed by atoms with Crippen molar-refractivity contribution in [1.29, 1.82) is 0 Å². The number of aromatic hydroxyl groups is 1. The molecule has 2 aromatic carbocycles. The first-order chi connectivity index (χ1) is 18.3. The molecule has 10 heteroatoms. The summed E-state index contributed by atoms with van der Waals surface area (Å²) in [5.41, 5.74) is 2.89. The lowest BCUT2D eigenvalue weighted by atomic mass is 10.0. The minimum atomic E-state index is -0.710. The number of esters is 1. The van der Waals surface area contributed by atoms with E-state index in [0.717, 1.165) is 16.1 Å². The molecule has 4 aromatic rings. The third kappa shape index (κ3) is 6.32. The maximum Gasteiger partial charge on any atom is 0.348 e. The Balaban J connectivity index is 1.56. The molecule has 2 aromatic heterocycles. The Morgan fingerprint density at radius 2 is 1.79 bits per heavy atom. The van der Waals surface area contributed by atoms with Gasteiger partial charge in [-0.1, -0.05) is 35.3 Å². The zero-order chi connectivity index (χ0) is 27.2. The van der Waals surface area contributed by atoms with E-state index in [4.69, 9.17) is 37.4 Å². The quantitative estimate of drug-likeness (QED) is 0.194. The Morgan fingerprint density at radius 3 is 2.50 bits per heavy atom. The molecule has 2 heterocycles. The number of nitrogens with zero attached hydrogens (tertiary/aromatic N) is 1.